The van der Waals surface area contributed by atoms with Crippen LogP contribution in [0.1, 0.15) is 18.4 Å². The Morgan fingerprint density at radius 1 is 1.04 bits per heavy atom. The molecule has 0 aromatic heterocycles. The number of benzene rings is 2. The summed E-state index contributed by atoms with van der Waals surface area (Å²) >= 11 is 0. The zero-order valence-electron chi connectivity index (χ0n) is 15.9. The topological polar surface area (TPSA) is 49.2 Å². The summed E-state index contributed by atoms with van der Waals surface area (Å²) in [4.78, 5) is 11.7. The van der Waals surface area contributed by atoms with Crippen LogP contribution in [0.5, 0.6) is 0 Å². The Labute approximate surface area is 166 Å². The molecule has 0 bridgehead atoms. The number of para-hydroxylation sites is 1. The van der Waals surface area contributed by atoms with Gasteiger partial charge in [-0.15, -0.1) is 0 Å². The van der Waals surface area contributed by atoms with Crippen LogP contribution >= 0.6 is 0 Å². The molecule has 144 valence electrons. The lowest BCUT2D eigenvalue weighted by atomic mass is 9.98. The predicted octanol–water partition coefficient (Wildman–Crippen LogP) is 4.31. The fourth-order valence-corrected chi connectivity index (χ4v) is 3.48. The summed E-state index contributed by atoms with van der Waals surface area (Å²) in [5.41, 5.74) is 2.22. The van der Waals surface area contributed by atoms with Crippen molar-refractivity contribution in [1.29, 1.82) is 0 Å². The van der Waals surface area contributed by atoms with Gasteiger partial charge in [-0.1, -0.05) is 54.6 Å². The van der Waals surface area contributed by atoms with E-state index in [0.29, 0.717) is 18.5 Å². The minimum atomic E-state index is 0.0998. The van der Waals surface area contributed by atoms with Gasteiger partial charge in [-0.25, -0.2) is 9.98 Å². The molecule has 4 rings (SSSR count). The van der Waals surface area contributed by atoms with Crippen molar-refractivity contribution < 1.29 is 4.74 Å². The molecule has 2 aliphatic rings. The number of nitrogens with one attached hydrogen (secondary N) is 1. The largest absolute Gasteiger partial charge is 0.377 e. The summed E-state index contributed by atoms with van der Waals surface area (Å²) in [6.07, 6.45) is 8.46. The van der Waals surface area contributed by atoms with Gasteiger partial charge in [-0.05, 0) is 36.7 Å². The van der Waals surface area contributed by atoms with Crippen LogP contribution in [0, 0.1) is 5.92 Å². The normalized spacial score (nSPS) is 20.6. The number of nitrogens with zero attached hydrogens (tertiary/aromatic N) is 3. The van der Waals surface area contributed by atoms with E-state index in [9.17, 15) is 0 Å². The zero-order chi connectivity index (χ0) is 19.0. The molecule has 1 N–H and O–H groups in total. The van der Waals surface area contributed by atoms with Gasteiger partial charge >= 0.3 is 0 Å². The van der Waals surface area contributed by atoms with E-state index in [1.54, 1.807) is 0 Å². The lowest BCUT2D eigenvalue weighted by Gasteiger charge is -2.36. The average Bonchev–Trinajstić information content (AvgIpc) is 2.75. The minimum Gasteiger partial charge on any atom is -0.377 e. The van der Waals surface area contributed by atoms with Crippen molar-refractivity contribution in [2.75, 3.05) is 18.5 Å². The molecule has 2 unspecified atom stereocenters. The molecule has 5 heteroatoms. The molecule has 28 heavy (non-hydrogen) atoms. The molecule has 2 aromatic carbocycles. The van der Waals surface area contributed by atoms with Crippen molar-refractivity contribution >= 4 is 17.9 Å². The van der Waals surface area contributed by atoms with Crippen LogP contribution in [-0.2, 0) is 11.3 Å². The molecule has 0 fully saturated rings. The molecule has 0 saturated heterocycles. The Bertz CT molecular complexity index is 832. The maximum absolute atomic E-state index is 5.82. The number of fused-ring (bicyclic) bond motifs is 1. The molecule has 2 aliphatic heterocycles. The summed E-state index contributed by atoms with van der Waals surface area (Å²) in [7, 11) is 0. The number of ether oxygens (including phenoxy) is 1. The fraction of sp³-hybridized carbons (Fsp3) is 0.304. The van der Waals surface area contributed by atoms with Crippen LogP contribution in [-0.4, -0.2) is 36.4 Å². The quantitative estimate of drug-likeness (QED) is 0.735. The number of hydrogen-bond acceptors (Lipinski definition) is 5. The van der Waals surface area contributed by atoms with Crippen molar-refractivity contribution in [2.45, 2.75) is 25.6 Å². The molecule has 2 aromatic rings. The number of anilines is 1. The van der Waals surface area contributed by atoms with E-state index in [1.165, 1.54) is 5.56 Å². The van der Waals surface area contributed by atoms with Crippen LogP contribution in [0.4, 0.5) is 5.69 Å². The Kier molecular flexibility index (Phi) is 6.15. The predicted molar refractivity (Wildman–Crippen MR) is 114 cm³/mol. The molecule has 5 nitrogen and oxygen atoms in total. The SMILES string of the molecule is C1=CN(CCCOCc2ccccc2)C2N=C(Nc3ccccc3)N=CC2C1. The lowest BCUT2D eigenvalue weighted by molar-refractivity contribution is 0.106. The van der Waals surface area contributed by atoms with Crippen LogP contribution in [0.2, 0.25) is 0 Å². The highest BCUT2D eigenvalue weighted by atomic mass is 16.5. The van der Waals surface area contributed by atoms with Gasteiger partial charge in [0, 0.05) is 31.0 Å². The van der Waals surface area contributed by atoms with Gasteiger partial charge in [0.15, 0.2) is 0 Å². The highest BCUT2D eigenvalue weighted by Crippen LogP contribution is 2.25. The lowest BCUT2D eigenvalue weighted by Crippen LogP contribution is -2.42. The van der Waals surface area contributed by atoms with Crippen LogP contribution in [0.15, 0.2) is 82.9 Å². The van der Waals surface area contributed by atoms with Crippen LogP contribution < -0.4 is 5.32 Å². The minimum absolute atomic E-state index is 0.0998. The van der Waals surface area contributed by atoms with Crippen molar-refractivity contribution in [1.82, 2.24) is 4.90 Å². The van der Waals surface area contributed by atoms with Crippen molar-refractivity contribution in [3.63, 3.8) is 0 Å². The van der Waals surface area contributed by atoms with E-state index in [1.807, 2.05) is 54.7 Å². The molecule has 0 spiro atoms. The van der Waals surface area contributed by atoms with E-state index in [0.717, 1.165) is 31.7 Å². The summed E-state index contributed by atoms with van der Waals surface area (Å²) < 4.78 is 5.82. The molecule has 0 radical (unpaired) electrons. The Balaban J connectivity index is 1.29. The fourth-order valence-electron chi connectivity index (χ4n) is 3.48. The van der Waals surface area contributed by atoms with Gasteiger partial charge in [0.05, 0.1) is 6.61 Å². The second-order valence-electron chi connectivity index (χ2n) is 7.05. The van der Waals surface area contributed by atoms with E-state index >= 15 is 0 Å². The Morgan fingerprint density at radius 2 is 1.82 bits per heavy atom. The summed E-state index contributed by atoms with van der Waals surface area (Å²) in [6, 6.07) is 20.3. The first-order valence-electron chi connectivity index (χ1n) is 9.87. The number of aliphatic imine (C=N–C) groups is 2. The maximum Gasteiger partial charge on any atom is 0.224 e. The van der Waals surface area contributed by atoms with Gasteiger partial charge in [0.25, 0.3) is 0 Å². The molecule has 2 atom stereocenters. The third kappa shape index (κ3) is 4.87. The molecule has 2 heterocycles. The number of guanidine groups is 1. The summed E-state index contributed by atoms with van der Waals surface area (Å²) in [6.45, 7) is 2.32. The van der Waals surface area contributed by atoms with Gasteiger partial charge < -0.3 is 15.0 Å². The number of allylic oxidation sites excluding steroid dienone is 1. The van der Waals surface area contributed by atoms with E-state index in [2.05, 4.69) is 39.6 Å². The number of hydrogen-bond donors (Lipinski definition) is 1. The van der Waals surface area contributed by atoms with E-state index in [4.69, 9.17) is 9.73 Å². The first kappa shape index (κ1) is 18.4. The van der Waals surface area contributed by atoms with Crippen LogP contribution in [0.25, 0.3) is 0 Å². The molecular formula is C23H26N4O. The van der Waals surface area contributed by atoms with Gasteiger partial charge in [-0.3, -0.25) is 0 Å². The first-order valence-corrected chi connectivity index (χ1v) is 9.87. The second kappa shape index (κ2) is 9.33. The Hall–Kier alpha value is -2.92. The molecule has 0 amide bonds. The van der Waals surface area contributed by atoms with Crippen molar-refractivity contribution in [2.24, 2.45) is 15.9 Å². The highest BCUT2D eigenvalue weighted by molar-refractivity contribution is 6.00. The summed E-state index contributed by atoms with van der Waals surface area (Å²) in [5, 5.41) is 3.31. The monoisotopic (exact) mass is 374 g/mol. The van der Waals surface area contributed by atoms with Crippen LogP contribution in [0.3, 0.4) is 0 Å². The average molecular weight is 374 g/mol. The zero-order valence-corrected chi connectivity index (χ0v) is 15.9. The van der Waals surface area contributed by atoms with Crippen molar-refractivity contribution in [3.05, 3.63) is 78.5 Å². The molecule has 0 saturated carbocycles. The van der Waals surface area contributed by atoms with Gasteiger partial charge in [-0.2, -0.15) is 0 Å². The van der Waals surface area contributed by atoms with Crippen molar-refractivity contribution in [3.8, 4) is 0 Å². The van der Waals surface area contributed by atoms with Gasteiger partial charge in [0.2, 0.25) is 5.96 Å². The van der Waals surface area contributed by atoms with E-state index < -0.39 is 0 Å². The Morgan fingerprint density at radius 3 is 2.64 bits per heavy atom. The maximum atomic E-state index is 5.82. The smallest absolute Gasteiger partial charge is 0.224 e. The highest BCUT2D eigenvalue weighted by Gasteiger charge is 2.29. The third-order valence-electron chi connectivity index (χ3n) is 4.92. The number of rotatable bonds is 7. The molecular weight excluding hydrogens is 348 g/mol. The second-order valence-corrected chi connectivity index (χ2v) is 7.05. The molecule has 0 aliphatic carbocycles. The first-order chi connectivity index (χ1) is 13.9. The van der Waals surface area contributed by atoms with E-state index in [-0.39, 0.29) is 6.17 Å². The standard InChI is InChI=1S/C23H26N4O/c1-3-9-19(10-4-1)18-28-16-8-15-27-14-7-11-20-17-24-23(26-22(20)27)25-21-12-5-2-6-13-21/h1-7,9-10,12-14,17,20,22H,8,11,15-16,18H2,(H,25,26). The van der Waals surface area contributed by atoms with Gasteiger partial charge in [0.1, 0.15) is 6.17 Å². The summed E-state index contributed by atoms with van der Waals surface area (Å²) in [5.74, 6) is 1.00. The third-order valence-corrected chi connectivity index (χ3v) is 4.92.